The molecule has 1 nitrogen and oxygen atoms in total. The molecule has 1 heterocycles. The van der Waals surface area contributed by atoms with Gasteiger partial charge in [0.1, 0.15) is 5.75 Å². The predicted octanol–water partition coefficient (Wildman–Crippen LogP) is 4.38. The molecule has 3 aromatic rings. The van der Waals surface area contributed by atoms with E-state index in [0.29, 0.717) is 5.75 Å². The predicted molar refractivity (Wildman–Crippen MR) is 70.5 cm³/mol. The molecule has 0 radical (unpaired) electrons. The molecule has 80 valence electrons. The number of hydrogen-bond acceptors (Lipinski definition) is 2. The first kappa shape index (κ1) is 9.67. The quantitative estimate of drug-likeness (QED) is 0.605. The molecule has 0 saturated carbocycles. The van der Waals surface area contributed by atoms with Crippen molar-refractivity contribution in [2.45, 2.75) is 13.8 Å². The number of hydrogen-bond donors (Lipinski definition) is 1. The van der Waals surface area contributed by atoms with Crippen LogP contribution < -0.4 is 0 Å². The van der Waals surface area contributed by atoms with Gasteiger partial charge in [0.25, 0.3) is 0 Å². The van der Waals surface area contributed by atoms with Crippen LogP contribution in [0.5, 0.6) is 5.75 Å². The van der Waals surface area contributed by atoms with E-state index < -0.39 is 0 Å². The highest BCUT2D eigenvalue weighted by atomic mass is 32.1. The number of aryl methyl sites for hydroxylation is 2. The highest BCUT2D eigenvalue weighted by Gasteiger charge is 2.08. The second kappa shape index (κ2) is 3.22. The molecule has 0 aliphatic heterocycles. The molecule has 0 amide bonds. The summed E-state index contributed by atoms with van der Waals surface area (Å²) < 4.78 is 2.24. The van der Waals surface area contributed by atoms with Crippen LogP contribution in [0.1, 0.15) is 11.1 Å². The molecular weight excluding hydrogens is 216 g/mol. The third kappa shape index (κ3) is 1.23. The zero-order valence-corrected chi connectivity index (χ0v) is 10.1. The summed E-state index contributed by atoms with van der Waals surface area (Å²) >= 11 is 1.66. The summed E-state index contributed by atoms with van der Waals surface area (Å²) in [4.78, 5) is 0. The van der Waals surface area contributed by atoms with E-state index >= 15 is 0 Å². The molecule has 0 atom stereocenters. The van der Waals surface area contributed by atoms with Gasteiger partial charge in [0.15, 0.2) is 0 Å². The molecule has 0 spiro atoms. The van der Waals surface area contributed by atoms with Crippen LogP contribution in [0.25, 0.3) is 20.2 Å². The van der Waals surface area contributed by atoms with Crippen LogP contribution in [0.4, 0.5) is 0 Å². The van der Waals surface area contributed by atoms with E-state index in [9.17, 15) is 5.11 Å². The molecule has 2 aromatic carbocycles. The van der Waals surface area contributed by atoms with Gasteiger partial charge in [-0.25, -0.2) is 0 Å². The monoisotopic (exact) mass is 228 g/mol. The first-order valence-corrected chi connectivity index (χ1v) is 6.10. The molecule has 0 saturated heterocycles. The maximum absolute atomic E-state index is 9.82. The number of fused-ring (bicyclic) bond motifs is 3. The number of rotatable bonds is 0. The van der Waals surface area contributed by atoms with Crippen molar-refractivity contribution in [3.8, 4) is 5.75 Å². The van der Waals surface area contributed by atoms with Crippen LogP contribution in [-0.2, 0) is 0 Å². The van der Waals surface area contributed by atoms with Crippen molar-refractivity contribution in [2.75, 3.05) is 0 Å². The van der Waals surface area contributed by atoms with Gasteiger partial charge in [-0.3, -0.25) is 0 Å². The zero-order chi connectivity index (χ0) is 11.3. The maximum atomic E-state index is 9.82. The fourth-order valence-electron chi connectivity index (χ4n) is 2.04. The Morgan fingerprint density at radius 2 is 1.75 bits per heavy atom. The van der Waals surface area contributed by atoms with Gasteiger partial charge in [0.05, 0.1) is 4.70 Å². The number of thiophene rings is 1. The van der Waals surface area contributed by atoms with Crippen molar-refractivity contribution in [2.24, 2.45) is 0 Å². The summed E-state index contributed by atoms with van der Waals surface area (Å²) in [5.74, 6) is 0.383. The minimum absolute atomic E-state index is 0.383. The Balaban J connectivity index is 2.56. The molecule has 0 unspecified atom stereocenters. The van der Waals surface area contributed by atoms with Crippen molar-refractivity contribution in [1.82, 2.24) is 0 Å². The van der Waals surface area contributed by atoms with Crippen LogP contribution in [-0.4, -0.2) is 5.11 Å². The Bertz CT molecular complexity index is 695. The Kier molecular flexibility index (Phi) is 1.95. The van der Waals surface area contributed by atoms with Crippen LogP contribution in [0.15, 0.2) is 30.3 Å². The van der Waals surface area contributed by atoms with Crippen molar-refractivity contribution in [1.29, 1.82) is 0 Å². The fraction of sp³-hybridized carbons (Fsp3) is 0.143. The van der Waals surface area contributed by atoms with Gasteiger partial charge in [0, 0.05) is 15.5 Å². The zero-order valence-electron chi connectivity index (χ0n) is 9.24. The molecule has 0 bridgehead atoms. The lowest BCUT2D eigenvalue weighted by Gasteiger charge is -1.99. The van der Waals surface area contributed by atoms with Crippen molar-refractivity contribution in [3.63, 3.8) is 0 Å². The molecule has 16 heavy (non-hydrogen) atoms. The molecule has 0 aliphatic carbocycles. The van der Waals surface area contributed by atoms with Gasteiger partial charge in [-0.15, -0.1) is 11.3 Å². The SMILES string of the molecule is Cc1cc2sc3c(O)cccc3c2cc1C. The number of phenols is 1. The van der Waals surface area contributed by atoms with Crippen molar-refractivity contribution < 1.29 is 5.11 Å². The Labute approximate surface area is 98.0 Å². The van der Waals surface area contributed by atoms with Crippen LogP contribution >= 0.6 is 11.3 Å². The van der Waals surface area contributed by atoms with Gasteiger partial charge in [-0.1, -0.05) is 12.1 Å². The second-order valence-electron chi connectivity index (χ2n) is 4.19. The van der Waals surface area contributed by atoms with Crippen LogP contribution in [0.2, 0.25) is 0 Å². The average Bonchev–Trinajstić information content (AvgIpc) is 2.59. The summed E-state index contributed by atoms with van der Waals surface area (Å²) in [6, 6.07) is 10.1. The first-order valence-electron chi connectivity index (χ1n) is 5.28. The van der Waals surface area contributed by atoms with Crippen molar-refractivity contribution >= 4 is 31.5 Å². The van der Waals surface area contributed by atoms with E-state index in [-0.39, 0.29) is 0 Å². The highest BCUT2D eigenvalue weighted by Crippen LogP contribution is 2.39. The van der Waals surface area contributed by atoms with Crippen LogP contribution in [0, 0.1) is 13.8 Å². The lowest BCUT2D eigenvalue weighted by Crippen LogP contribution is -1.78. The van der Waals surface area contributed by atoms with E-state index in [1.165, 1.54) is 21.2 Å². The molecule has 3 rings (SSSR count). The molecule has 2 heteroatoms. The number of aromatic hydroxyl groups is 1. The topological polar surface area (TPSA) is 20.2 Å². The normalized spacial score (nSPS) is 11.4. The van der Waals surface area contributed by atoms with Crippen LogP contribution in [0.3, 0.4) is 0 Å². The lowest BCUT2D eigenvalue weighted by atomic mass is 10.1. The molecule has 1 N–H and O–H groups in total. The summed E-state index contributed by atoms with van der Waals surface area (Å²) in [7, 11) is 0. The summed E-state index contributed by atoms with van der Waals surface area (Å²) in [5.41, 5.74) is 2.61. The smallest absolute Gasteiger partial charge is 0.133 e. The third-order valence-corrected chi connectivity index (χ3v) is 4.28. The number of benzene rings is 2. The molecular formula is C14H12OS. The van der Waals surface area contributed by atoms with E-state index in [2.05, 4.69) is 32.0 Å². The van der Waals surface area contributed by atoms with Gasteiger partial charge in [0.2, 0.25) is 0 Å². The molecule has 0 aliphatic rings. The largest absolute Gasteiger partial charge is 0.506 e. The van der Waals surface area contributed by atoms with Crippen molar-refractivity contribution in [3.05, 3.63) is 41.5 Å². The standard InChI is InChI=1S/C14H12OS/c1-8-6-11-10-4-3-5-12(15)14(10)16-13(11)7-9(8)2/h3-7,15H,1-2H3. The van der Waals surface area contributed by atoms with Gasteiger partial charge in [-0.2, -0.15) is 0 Å². The number of phenolic OH excluding ortho intramolecular Hbond substituents is 1. The molecule has 0 fully saturated rings. The third-order valence-electron chi connectivity index (χ3n) is 3.09. The van der Waals surface area contributed by atoms with E-state index in [1.807, 2.05) is 6.07 Å². The Morgan fingerprint density at radius 3 is 2.56 bits per heavy atom. The van der Waals surface area contributed by atoms with E-state index in [4.69, 9.17) is 0 Å². The summed E-state index contributed by atoms with van der Waals surface area (Å²) in [6.07, 6.45) is 0. The molecule has 1 aromatic heterocycles. The van der Waals surface area contributed by atoms with Gasteiger partial charge < -0.3 is 5.11 Å². The Morgan fingerprint density at radius 1 is 1.00 bits per heavy atom. The summed E-state index contributed by atoms with van der Waals surface area (Å²) in [5, 5.41) is 12.2. The van der Waals surface area contributed by atoms with Gasteiger partial charge in [-0.05, 0) is 43.2 Å². The average molecular weight is 228 g/mol. The first-order chi connectivity index (χ1) is 7.66. The Hall–Kier alpha value is -1.54. The highest BCUT2D eigenvalue weighted by molar-refractivity contribution is 7.26. The maximum Gasteiger partial charge on any atom is 0.133 e. The minimum Gasteiger partial charge on any atom is -0.506 e. The van der Waals surface area contributed by atoms with Gasteiger partial charge >= 0.3 is 0 Å². The van der Waals surface area contributed by atoms with E-state index in [0.717, 1.165) is 10.1 Å². The summed E-state index contributed by atoms with van der Waals surface area (Å²) in [6.45, 7) is 4.25. The fourth-order valence-corrected chi connectivity index (χ4v) is 3.23. The second-order valence-corrected chi connectivity index (χ2v) is 5.24. The van der Waals surface area contributed by atoms with E-state index in [1.54, 1.807) is 17.4 Å². The lowest BCUT2D eigenvalue weighted by molar-refractivity contribution is 0.482. The minimum atomic E-state index is 0.383.